The summed E-state index contributed by atoms with van der Waals surface area (Å²) in [5.74, 6) is 0.517. The number of benzene rings is 2. The highest BCUT2D eigenvalue weighted by molar-refractivity contribution is 5.39. The van der Waals surface area contributed by atoms with Gasteiger partial charge in [0, 0.05) is 0 Å². The number of aromatic nitrogens is 3. The molecule has 3 aromatic rings. The van der Waals surface area contributed by atoms with Crippen LogP contribution < -0.4 is 4.74 Å². The summed E-state index contributed by atoms with van der Waals surface area (Å²) in [7, 11) is 0. The van der Waals surface area contributed by atoms with E-state index in [0.717, 1.165) is 12.1 Å². The first-order chi connectivity index (χ1) is 10.5. The van der Waals surface area contributed by atoms with Gasteiger partial charge < -0.3 is 4.74 Å². The zero-order chi connectivity index (χ0) is 15.6. The van der Waals surface area contributed by atoms with E-state index in [1.165, 1.54) is 23.0 Å². The summed E-state index contributed by atoms with van der Waals surface area (Å²) >= 11 is 0. The van der Waals surface area contributed by atoms with Crippen molar-refractivity contribution in [3.63, 3.8) is 0 Å². The van der Waals surface area contributed by atoms with Crippen molar-refractivity contribution in [1.29, 1.82) is 0 Å². The fraction of sp³-hybridized carbons (Fsp3) is 0.0667. The van der Waals surface area contributed by atoms with Gasteiger partial charge in [0.2, 0.25) is 0 Å². The molecule has 7 heteroatoms. The first-order valence-electron chi connectivity index (χ1n) is 6.34. The molecule has 3 rings (SSSR count). The maximum absolute atomic E-state index is 12.8. The van der Waals surface area contributed by atoms with Crippen molar-refractivity contribution in [1.82, 2.24) is 14.8 Å². The van der Waals surface area contributed by atoms with E-state index in [-0.39, 0.29) is 11.7 Å². The van der Waals surface area contributed by atoms with Gasteiger partial charge in [-0.2, -0.15) is 13.2 Å². The van der Waals surface area contributed by atoms with Gasteiger partial charge >= 0.3 is 12.2 Å². The zero-order valence-electron chi connectivity index (χ0n) is 11.2. The van der Waals surface area contributed by atoms with Gasteiger partial charge in [-0.05, 0) is 30.3 Å². The van der Waals surface area contributed by atoms with Crippen LogP contribution in [0.15, 0.2) is 60.9 Å². The van der Waals surface area contributed by atoms with E-state index in [0.29, 0.717) is 5.75 Å². The number of rotatable bonds is 3. The normalized spacial score (nSPS) is 11.4. The third kappa shape index (κ3) is 2.93. The summed E-state index contributed by atoms with van der Waals surface area (Å²) in [5, 5.41) is 7.48. The van der Waals surface area contributed by atoms with Crippen molar-refractivity contribution in [3.8, 4) is 17.4 Å². The van der Waals surface area contributed by atoms with E-state index >= 15 is 0 Å². The second kappa shape index (κ2) is 5.51. The number of alkyl halides is 3. The van der Waals surface area contributed by atoms with Crippen molar-refractivity contribution >= 4 is 0 Å². The first-order valence-corrected chi connectivity index (χ1v) is 6.34. The Balaban J connectivity index is 1.95. The highest BCUT2D eigenvalue weighted by atomic mass is 19.4. The Bertz CT molecular complexity index is 769. The molecule has 0 aliphatic heterocycles. The second-order valence-electron chi connectivity index (χ2n) is 4.45. The third-order valence-electron chi connectivity index (χ3n) is 2.92. The van der Waals surface area contributed by atoms with Gasteiger partial charge in [-0.1, -0.05) is 29.4 Å². The monoisotopic (exact) mass is 305 g/mol. The van der Waals surface area contributed by atoms with Crippen LogP contribution >= 0.6 is 0 Å². The van der Waals surface area contributed by atoms with Gasteiger partial charge in [-0.25, -0.2) is 0 Å². The van der Waals surface area contributed by atoms with Gasteiger partial charge in [0.05, 0.1) is 11.3 Å². The maximum atomic E-state index is 12.8. The SMILES string of the molecule is FC(F)(F)c1cccc(-n2cnnc2Oc2ccccc2)c1. The molecular weight excluding hydrogens is 295 g/mol. The smallest absolute Gasteiger partial charge is 0.416 e. The van der Waals surface area contributed by atoms with Crippen molar-refractivity contribution in [3.05, 3.63) is 66.5 Å². The lowest BCUT2D eigenvalue weighted by Crippen LogP contribution is -2.06. The highest BCUT2D eigenvalue weighted by Crippen LogP contribution is 2.31. The quantitative estimate of drug-likeness (QED) is 0.732. The minimum absolute atomic E-state index is 0.0884. The molecule has 0 aliphatic carbocycles. The average molecular weight is 305 g/mol. The maximum Gasteiger partial charge on any atom is 0.416 e. The molecule has 2 aromatic carbocycles. The minimum Gasteiger partial charge on any atom is -0.424 e. The molecule has 1 aromatic heterocycles. The van der Waals surface area contributed by atoms with Crippen LogP contribution in [0.1, 0.15) is 5.56 Å². The Morgan fingerprint density at radius 1 is 0.955 bits per heavy atom. The highest BCUT2D eigenvalue weighted by Gasteiger charge is 2.30. The zero-order valence-corrected chi connectivity index (χ0v) is 11.2. The Kier molecular flexibility index (Phi) is 3.54. The summed E-state index contributed by atoms with van der Waals surface area (Å²) < 4.78 is 45.2. The van der Waals surface area contributed by atoms with Crippen LogP contribution in [-0.2, 0) is 6.18 Å². The molecule has 112 valence electrons. The Hall–Kier alpha value is -2.83. The summed E-state index contributed by atoms with van der Waals surface area (Å²) in [6.07, 6.45) is -3.11. The topological polar surface area (TPSA) is 39.9 Å². The molecule has 0 amide bonds. The van der Waals surface area contributed by atoms with Crippen molar-refractivity contribution in [2.75, 3.05) is 0 Å². The predicted octanol–water partition coefficient (Wildman–Crippen LogP) is 4.08. The molecule has 0 unspecified atom stereocenters. The van der Waals surface area contributed by atoms with Crippen LogP contribution in [0.5, 0.6) is 11.8 Å². The van der Waals surface area contributed by atoms with Crippen LogP contribution in [-0.4, -0.2) is 14.8 Å². The van der Waals surface area contributed by atoms with E-state index in [2.05, 4.69) is 10.2 Å². The van der Waals surface area contributed by atoms with Crippen molar-refractivity contribution in [2.24, 2.45) is 0 Å². The predicted molar refractivity (Wildman–Crippen MR) is 72.9 cm³/mol. The van der Waals surface area contributed by atoms with E-state index in [1.807, 2.05) is 6.07 Å². The summed E-state index contributed by atoms with van der Waals surface area (Å²) in [5.41, 5.74) is -0.477. The van der Waals surface area contributed by atoms with E-state index in [9.17, 15) is 13.2 Å². The largest absolute Gasteiger partial charge is 0.424 e. The summed E-state index contributed by atoms with van der Waals surface area (Å²) in [6.45, 7) is 0. The summed E-state index contributed by atoms with van der Waals surface area (Å²) in [4.78, 5) is 0. The fourth-order valence-electron chi connectivity index (χ4n) is 1.90. The second-order valence-corrected chi connectivity index (χ2v) is 4.45. The van der Waals surface area contributed by atoms with Crippen LogP contribution in [0.2, 0.25) is 0 Å². The number of hydrogen-bond acceptors (Lipinski definition) is 3. The van der Waals surface area contributed by atoms with Gasteiger partial charge in [0.15, 0.2) is 0 Å². The molecule has 0 bridgehead atoms. The number of halogens is 3. The lowest BCUT2D eigenvalue weighted by atomic mass is 10.2. The van der Waals surface area contributed by atoms with Crippen LogP contribution in [0.4, 0.5) is 13.2 Å². The van der Waals surface area contributed by atoms with Crippen molar-refractivity contribution < 1.29 is 17.9 Å². The van der Waals surface area contributed by atoms with Gasteiger partial charge in [0.1, 0.15) is 12.1 Å². The first kappa shape index (κ1) is 14.1. The molecule has 0 N–H and O–H groups in total. The molecule has 22 heavy (non-hydrogen) atoms. The Morgan fingerprint density at radius 2 is 1.73 bits per heavy atom. The number of hydrogen-bond donors (Lipinski definition) is 0. The van der Waals surface area contributed by atoms with Crippen molar-refractivity contribution in [2.45, 2.75) is 6.18 Å². The average Bonchev–Trinajstić information content (AvgIpc) is 2.96. The summed E-state index contributed by atoms with van der Waals surface area (Å²) in [6, 6.07) is 13.8. The molecular formula is C15H10F3N3O. The molecule has 1 heterocycles. The van der Waals surface area contributed by atoms with Gasteiger partial charge in [0.25, 0.3) is 0 Å². The third-order valence-corrected chi connectivity index (χ3v) is 2.92. The van der Waals surface area contributed by atoms with E-state index in [4.69, 9.17) is 4.74 Å². The van der Waals surface area contributed by atoms with Gasteiger partial charge in [-0.15, -0.1) is 5.10 Å². The molecule has 0 spiro atoms. The van der Waals surface area contributed by atoms with Crippen LogP contribution in [0, 0.1) is 0 Å². The molecule has 0 fully saturated rings. The molecule has 0 radical (unpaired) electrons. The molecule has 0 atom stereocenters. The lowest BCUT2D eigenvalue weighted by Gasteiger charge is -2.11. The molecule has 0 saturated heterocycles. The van der Waals surface area contributed by atoms with E-state index in [1.54, 1.807) is 24.3 Å². The van der Waals surface area contributed by atoms with Crippen LogP contribution in [0.25, 0.3) is 5.69 Å². The lowest BCUT2D eigenvalue weighted by molar-refractivity contribution is -0.137. The van der Waals surface area contributed by atoms with Crippen LogP contribution in [0.3, 0.4) is 0 Å². The standard InChI is InChI=1S/C15H10F3N3O/c16-15(17,18)11-5-4-6-12(9-11)21-10-19-20-14(21)22-13-7-2-1-3-8-13/h1-10H. The Morgan fingerprint density at radius 3 is 2.45 bits per heavy atom. The minimum atomic E-state index is -4.41. The number of ether oxygens (including phenoxy) is 1. The van der Waals surface area contributed by atoms with E-state index < -0.39 is 11.7 Å². The molecule has 4 nitrogen and oxygen atoms in total. The molecule has 0 saturated carbocycles. The number of nitrogens with zero attached hydrogens (tertiary/aromatic N) is 3. The van der Waals surface area contributed by atoms with Gasteiger partial charge in [-0.3, -0.25) is 4.57 Å². The fourth-order valence-corrected chi connectivity index (χ4v) is 1.90. The molecule has 0 aliphatic rings. The number of para-hydroxylation sites is 1. The Labute approximate surface area is 123 Å².